The van der Waals surface area contributed by atoms with Crippen molar-refractivity contribution in [3.63, 3.8) is 0 Å². The van der Waals surface area contributed by atoms with E-state index in [9.17, 15) is 0 Å². The molecule has 0 N–H and O–H groups in total. The lowest BCUT2D eigenvalue weighted by Gasteiger charge is -2.20. The van der Waals surface area contributed by atoms with Crippen LogP contribution < -0.4 is 0 Å². The van der Waals surface area contributed by atoms with Crippen molar-refractivity contribution >= 4 is 0 Å². The SMILES string of the molecule is CCC(C(C)C)C1C2CN21. The minimum atomic E-state index is 0.891. The summed E-state index contributed by atoms with van der Waals surface area (Å²) in [6.07, 6.45) is 1.37. The molecule has 1 nitrogen and oxygen atoms in total. The molecule has 0 saturated carbocycles. The summed E-state index contributed by atoms with van der Waals surface area (Å²) in [6.45, 7) is 8.44. The molecular weight excluding hydrogens is 122 g/mol. The summed E-state index contributed by atoms with van der Waals surface area (Å²) in [5, 5.41) is 0. The van der Waals surface area contributed by atoms with E-state index in [1.165, 1.54) is 13.0 Å². The summed E-state index contributed by atoms with van der Waals surface area (Å²) in [5.41, 5.74) is 0. The van der Waals surface area contributed by atoms with Crippen LogP contribution in [0.3, 0.4) is 0 Å². The van der Waals surface area contributed by atoms with Crippen molar-refractivity contribution in [2.24, 2.45) is 11.8 Å². The van der Waals surface area contributed by atoms with E-state index < -0.39 is 0 Å². The van der Waals surface area contributed by atoms with E-state index in [1.54, 1.807) is 0 Å². The van der Waals surface area contributed by atoms with Gasteiger partial charge in [0.15, 0.2) is 0 Å². The third kappa shape index (κ3) is 0.800. The minimum Gasteiger partial charge on any atom is -0.291 e. The first-order valence-electron chi connectivity index (χ1n) is 4.51. The Hall–Kier alpha value is -0.0400. The molecule has 0 radical (unpaired) electrons. The van der Waals surface area contributed by atoms with E-state index in [0.717, 1.165) is 23.9 Å². The minimum absolute atomic E-state index is 0.891. The molecule has 0 aliphatic carbocycles. The maximum absolute atomic E-state index is 2.61. The topological polar surface area (TPSA) is 3.01 Å². The van der Waals surface area contributed by atoms with Crippen LogP contribution in [0.4, 0.5) is 0 Å². The van der Waals surface area contributed by atoms with Gasteiger partial charge in [0.05, 0.1) is 0 Å². The molecule has 2 fully saturated rings. The summed E-state index contributed by atoms with van der Waals surface area (Å²) in [7, 11) is 0. The van der Waals surface area contributed by atoms with Crippen LogP contribution in [0.2, 0.25) is 0 Å². The van der Waals surface area contributed by atoms with E-state index in [4.69, 9.17) is 0 Å². The predicted octanol–water partition coefficient (Wildman–Crippen LogP) is 1.74. The number of fused-ring (bicyclic) bond motifs is 1. The van der Waals surface area contributed by atoms with Gasteiger partial charge in [-0.1, -0.05) is 27.2 Å². The first kappa shape index (κ1) is 6.66. The second-order valence-electron chi connectivity index (χ2n) is 4.07. The summed E-state index contributed by atoms with van der Waals surface area (Å²) in [4.78, 5) is 2.61. The summed E-state index contributed by atoms with van der Waals surface area (Å²) in [6, 6.07) is 2.04. The van der Waals surface area contributed by atoms with Crippen LogP contribution in [0.25, 0.3) is 0 Å². The van der Waals surface area contributed by atoms with Crippen molar-refractivity contribution in [3.8, 4) is 0 Å². The largest absolute Gasteiger partial charge is 0.291 e. The maximum atomic E-state index is 2.61. The van der Waals surface area contributed by atoms with Crippen LogP contribution in [0, 0.1) is 11.8 Å². The molecule has 2 saturated heterocycles. The van der Waals surface area contributed by atoms with Gasteiger partial charge in [-0.05, 0) is 11.8 Å². The summed E-state index contributed by atoms with van der Waals surface area (Å²) >= 11 is 0. The van der Waals surface area contributed by atoms with Gasteiger partial charge in [0.2, 0.25) is 0 Å². The Kier molecular flexibility index (Phi) is 1.31. The van der Waals surface area contributed by atoms with Gasteiger partial charge in [-0.3, -0.25) is 4.90 Å². The highest BCUT2D eigenvalue weighted by Gasteiger charge is 2.64. The molecule has 0 aromatic heterocycles. The zero-order chi connectivity index (χ0) is 7.30. The quantitative estimate of drug-likeness (QED) is 0.538. The van der Waals surface area contributed by atoms with E-state index >= 15 is 0 Å². The molecule has 4 unspecified atom stereocenters. The van der Waals surface area contributed by atoms with Gasteiger partial charge in [-0.25, -0.2) is 0 Å². The van der Waals surface area contributed by atoms with Crippen molar-refractivity contribution in [2.75, 3.05) is 6.54 Å². The molecule has 0 aromatic rings. The number of hydrogen-bond acceptors (Lipinski definition) is 1. The molecule has 58 valence electrons. The molecule has 0 aromatic carbocycles. The lowest BCUT2D eigenvalue weighted by atomic mass is 9.87. The number of hydrogen-bond donors (Lipinski definition) is 0. The predicted molar refractivity (Wildman–Crippen MR) is 42.9 cm³/mol. The first-order chi connectivity index (χ1) is 4.75. The molecule has 0 bridgehead atoms. The molecule has 0 spiro atoms. The highest BCUT2D eigenvalue weighted by molar-refractivity contribution is 5.20. The molecule has 2 aliphatic rings. The van der Waals surface area contributed by atoms with Crippen LogP contribution >= 0.6 is 0 Å². The van der Waals surface area contributed by atoms with Crippen molar-refractivity contribution in [1.29, 1.82) is 0 Å². The van der Waals surface area contributed by atoms with Crippen LogP contribution in [-0.4, -0.2) is 23.5 Å². The van der Waals surface area contributed by atoms with Crippen molar-refractivity contribution in [1.82, 2.24) is 4.90 Å². The zero-order valence-corrected chi connectivity index (χ0v) is 7.17. The molecule has 10 heavy (non-hydrogen) atoms. The molecule has 1 heteroatoms. The standard InChI is InChI=1S/C9H17N/c1-4-7(6(2)3)9-8-5-10(8)9/h6-9H,4-5H2,1-3H3. The van der Waals surface area contributed by atoms with Gasteiger partial charge in [0.1, 0.15) is 0 Å². The van der Waals surface area contributed by atoms with Gasteiger partial charge in [-0.2, -0.15) is 0 Å². The number of nitrogens with zero attached hydrogens (tertiary/aromatic N) is 1. The molecule has 4 atom stereocenters. The lowest BCUT2D eigenvalue weighted by Crippen LogP contribution is -2.23. The summed E-state index contributed by atoms with van der Waals surface area (Å²) in [5.74, 6) is 1.88. The average molecular weight is 139 g/mol. The van der Waals surface area contributed by atoms with Crippen molar-refractivity contribution in [3.05, 3.63) is 0 Å². The first-order valence-corrected chi connectivity index (χ1v) is 4.51. The maximum Gasteiger partial charge on any atom is 0.0386 e. The van der Waals surface area contributed by atoms with Gasteiger partial charge >= 0.3 is 0 Å². The Labute approximate surface area is 63.4 Å². The Morgan fingerprint density at radius 1 is 1.50 bits per heavy atom. The molecule has 0 amide bonds. The Balaban J connectivity index is 1.87. The Morgan fingerprint density at radius 2 is 2.10 bits per heavy atom. The Morgan fingerprint density at radius 3 is 2.20 bits per heavy atom. The highest BCUT2D eigenvalue weighted by atomic mass is 15.5. The van der Waals surface area contributed by atoms with Crippen molar-refractivity contribution < 1.29 is 0 Å². The highest BCUT2D eigenvalue weighted by Crippen LogP contribution is 2.50. The lowest BCUT2D eigenvalue weighted by molar-refractivity contribution is 0.313. The van der Waals surface area contributed by atoms with Gasteiger partial charge in [0, 0.05) is 18.6 Å². The van der Waals surface area contributed by atoms with E-state index in [2.05, 4.69) is 25.7 Å². The smallest absolute Gasteiger partial charge is 0.0386 e. The fraction of sp³-hybridized carbons (Fsp3) is 1.00. The monoisotopic (exact) mass is 139 g/mol. The third-order valence-corrected chi connectivity index (χ3v) is 3.14. The molecular formula is C9H17N. The third-order valence-electron chi connectivity index (χ3n) is 3.14. The second kappa shape index (κ2) is 1.97. The summed E-state index contributed by atoms with van der Waals surface area (Å²) < 4.78 is 0. The van der Waals surface area contributed by atoms with Gasteiger partial charge in [-0.15, -0.1) is 0 Å². The zero-order valence-electron chi connectivity index (χ0n) is 7.17. The fourth-order valence-electron chi connectivity index (χ4n) is 2.25. The van der Waals surface area contributed by atoms with Crippen molar-refractivity contribution in [2.45, 2.75) is 39.3 Å². The fourth-order valence-corrected chi connectivity index (χ4v) is 2.25. The molecule has 2 rings (SSSR count). The van der Waals surface area contributed by atoms with E-state index in [-0.39, 0.29) is 0 Å². The Bertz CT molecular complexity index is 134. The molecule has 2 heterocycles. The van der Waals surface area contributed by atoms with Crippen LogP contribution in [0.5, 0.6) is 0 Å². The second-order valence-corrected chi connectivity index (χ2v) is 4.07. The van der Waals surface area contributed by atoms with E-state index in [1.807, 2.05) is 0 Å². The van der Waals surface area contributed by atoms with Crippen LogP contribution in [0.1, 0.15) is 27.2 Å². The van der Waals surface area contributed by atoms with Gasteiger partial charge < -0.3 is 0 Å². The van der Waals surface area contributed by atoms with Gasteiger partial charge in [0.25, 0.3) is 0 Å². The van der Waals surface area contributed by atoms with Crippen LogP contribution in [0.15, 0.2) is 0 Å². The average Bonchev–Trinajstić information content (AvgIpc) is 2.65. The van der Waals surface area contributed by atoms with E-state index in [0.29, 0.717) is 0 Å². The number of rotatable bonds is 3. The molecule has 2 aliphatic heterocycles. The van der Waals surface area contributed by atoms with Crippen LogP contribution in [-0.2, 0) is 0 Å². The normalized spacial score (nSPS) is 45.0.